The van der Waals surface area contributed by atoms with Gasteiger partial charge in [0.1, 0.15) is 28.9 Å². The van der Waals surface area contributed by atoms with Gasteiger partial charge in [-0.25, -0.2) is 8.78 Å². The third-order valence-electron chi connectivity index (χ3n) is 13.8. The van der Waals surface area contributed by atoms with Crippen LogP contribution in [0.1, 0.15) is 120 Å². The summed E-state index contributed by atoms with van der Waals surface area (Å²) in [5.74, 6) is -2.29. The molecule has 0 radical (unpaired) electrons. The smallest absolute Gasteiger partial charge is 0.179 e. The molecule has 0 aromatic heterocycles. The molecule has 6 rings (SSSR count). The molecular formula is C53H68F2N4O5. The molecule has 2 unspecified atom stereocenters. The number of phenols is 2. The van der Waals surface area contributed by atoms with Gasteiger partial charge < -0.3 is 31.5 Å². The second-order valence-electron chi connectivity index (χ2n) is 18.1. The first-order valence-electron chi connectivity index (χ1n) is 23.5. The van der Waals surface area contributed by atoms with E-state index in [0.29, 0.717) is 100 Å². The first kappa shape index (κ1) is 48.6. The molecule has 2 fully saturated rings. The van der Waals surface area contributed by atoms with Crippen molar-refractivity contribution in [3.63, 3.8) is 0 Å². The highest BCUT2D eigenvalue weighted by Crippen LogP contribution is 2.46. The van der Waals surface area contributed by atoms with Gasteiger partial charge in [-0.05, 0) is 161 Å². The Morgan fingerprint density at radius 3 is 1.42 bits per heavy atom. The number of carbonyl (C=O) groups is 3. The van der Waals surface area contributed by atoms with E-state index in [1.165, 1.54) is 24.3 Å². The Morgan fingerprint density at radius 2 is 1.03 bits per heavy atom. The molecule has 64 heavy (non-hydrogen) atoms. The quantitative estimate of drug-likeness (QED) is 0.0428. The average molecular weight is 879 g/mol. The highest BCUT2D eigenvalue weighted by molar-refractivity contribution is 6.01. The van der Waals surface area contributed by atoms with Gasteiger partial charge in [-0.3, -0.25) is 14.4 Å². The molecule has 9 nitrogen and oxygen atoms in total. The molecule has 344 valence electrons. The maximum Gasteiger partial charge on any atom is 0.179 e. The summed E-state index contributed by atoms with van der Waals surface area (Å²) in [5, 5.41) is 34.2. The lowest BCUT2D eigenvalue weighted by atomic mass is 9.63. The number of hydrogen-bond donors (Lipinski definition) is 6. The van der Waals surface area contributed by atoms with Crippen molar-refractivity contribution in [2.75, 3.05) is 39.3 Å². The first-order chi connectivity index (χ1) is 30.9. The number of aromatic hydroxyl groups is 2. The van der Waals surface area contributed by atoms with Gasteiger partial charge in [-0.2, -0.15) is 0 Å². The predicted molar refractivity (Wildman–Crippen MR) is 249 cm³/mol. The van der Waals surface area contributed by atoms with Crippen LogP contribution >= 0.6 is 0 Å². The Morgan fingerprint density at radius 1 is 0.625 bits per heavy atom. The van der Waals surface area contributed by atoms with E-state index in [9.17, 15) is 19.8 Å². The highest BCUT2D eigenvalue weighted by Gasteiger charge is 2.46. The van der Waals surface area contributed by atoms with Crippen molar-refractivity contribution in [2.45, 2.75) is 103 Å². The van der Waals surface area contributed by atoms with E-state index in [1.807, 2.05) is 26.0 Å². The zero-order valence-electron chi connectivity index (χ0n) is 38.0. The van der Waals surface area contributed by atoms with Crippen molar-refractivity contribution < 1.29 is 33.4 Å². The molecule has 8 atom stereocenters. The average Bonchev–Trinajstić information content (AvgIpc) is 3.29. The van der Waals surface area contributed by atoms with Gasteiger partial charge in [0.2, 0.25) is 0 Å². The minimum Gasteiger partial charge on any atom is -0.508 e. The van der Waals surface area contributed by atoms with Crippen LogP contribution < -0.4 is 21.3 Å². The minimum absolute atomic E-state index is 0.0378. The minimum atomic E-state index is -0.494. The predicted octanol–water partition coefficient (Wildman–Crippen LogP) is 8.94. The van der Waals surface area contributed by atoms with Crippen LogP contribution in [-0.4, -0.2) is 78.9 Å². The maximum atomic E-state index is 15.5. The number of rotatable bonds is 22. The topological polar surface area (TPSA) is 140 Å². The van der Waals surface area contributed by atoms with Crippen molar-refractivity contribution in [3.05, 3.63) is 130 Å². The number of carbonyl (C=O) groups excluding carboxylic acids is 3. The number of piperidine rings is 2. The molecule has 0 bridgehead atoms. The fraction of sp³-hybridized carbons (Fsp3) is 0.491. The van der Waals surface area contributed by atoms with Crippen LogP contribution in [-0.2, 0) is 4.79 Å². The van der Waals surface area contributed by atoms with Crippen LogP contribution in [0.15, 0.2) is 84.9 Å². The number of halogens is 2. The number of Topliss-reactive ketones (excluding diaryl/α,β-unsaturated/α-hetero) is 3. The van der Waals surface area contributed by atoms with E-state index >= 15 is 13.6 Å². The summed E-state index contributed by atoms with van der Waals surface area (Å²) < 4.78 is 31.0. The van der Waals surface area contributed by atoms with Gasteiger partial charge >= 0.3 is 0 Å². The normalized spacial score (nSPS) is 22.2. The zero-order valence-corrected chi connectivity index (χ0v) is 38.0. The summed E-state index contributed by atoms with van der Waals surface area (Å²) in [6.07, 6.45) is 5.58. The second-order valence-corrected chi connectivity index (χ2v) is 18.1. The van der Waals surface area contributed by atoms with Crippen molar-refractivity contribution in [2.24, 2.45) is 23.7 Å². The fourth-order valence-electron chi connectivity index (χ4n) is 10.5. The Balaban J connectivity index is 1.27. The maximum absolute atomic E-state index is 15.5. The van der Waals surface area contributed by atoms with Crippen LogP contribution in [0.2, 0.25) is 0 Å². The lowest BCUT2D eigenvalue weighted by Crippen LogP contribution is -2.52. The zero-order chi connectivity index (χ0) is 45.8. The molecule has 0 amide bonds. The largest absolute Gasteiger partial charge is 0.508 e. The van der Waals surface area contributed by atoms with Crippen LogP contribution in [0, 0.1) is 49.2 Å². The van der Waals surface area contributed by atoms with E-state index < -0.39 is 23.9 Å². The van der Waals surface area contributed by atoms with Crippen molar-refractivity contribution in [1.82, 2.24) is 21.3 Å². The Hall–Kier alpha value is -4.81. The third-order valence-corrected chi connectivity index (χ3v) is 13.8. The number of phenolic OH excluding ortho intramolecular Hbond substituents is 2. The Kier molecular flexibility index (Phi) is 17.8. The van der Waals surface area contributed by atoms with E-state index in [2.05, 4.69) is 21.3 Å². The molecule has 6 N–H and O–H groups in total. The van der Waals surface area contributed by atoms with Gasteiger partial charge in [0.15, 0.2) is 11.6 Å². The third kappa shape index (κ3) is 11.9. The molecule has 0 saturated carbocycles. The first-order valence-corrected chi connectivity index (χ1v) is 23.5. The van der Waals surface area contributed by atoms with Crippen LogP contribution in [0.3, 0.4) is 0 Å². The van der Waals surface area contributed by atoms with Crippen molar-refractivity contribution >= 4 is 17.3 Å². The molecular weight excluding hydrogens is 811 g/mol. The van der Waals surface area contributed by atoms with Gasteiger partial charge in [-0.1, -0.05) is 75.2 Å². The summed E-state index contributed by atoms with van der Waals surface area (Å²) in [5.41, 5.74) is 3.60. The van der Waals surface area contributed by atoms with Crippen molar-refractivity contribution in [3.8, 4) is 11.5 Å². The van der Waals surface area contributed by atoms with Gasteiger partial charge in [-0.15, -0.1) is 0 Å². The van der Waals surface area contributed by atoms with Crippen LogP contribution in [0.4, 0.5) is 8.78 Å². The molecule has 2 heterocycles. The summed E-state index contributed by atoms with van der Waals surface area (Å²) in [6, 6.07) is 22.2. The number of ketones is 3. The van der Waals surface area contributed by atoms with E-state index in [-0.39, 0.29) is 64.2 Å². The summed E-state index contributed by atoms with van der Waals surface area (Å²) in [6.45, 7) is 11.1. The van der Waals surface area contributed by atoms with E-state index in [0.717, 1.165) is 24.0 Å². The van der Waals surface area contributed by atoms with Crippen LogP contribution in [0.25, 0.3) is 0 Å². The molecule has 0 aliphatic carbocycles. The van der Waals surface area contributed by atoms with Gasteiger partial charge in [0.25, 0.3) is 0 Å². The molecule has 11 heteroatoms. The number of nitrogens with one attached hydrogen (secondary N) is 4. The Labute approximate surface area is 378 Å². The lowest BCUT2D eigenvalue weighted by Gasteiger charge is -2.44. The summed E-state index contributed by atoms with van der Waals surface area (Å²) in [7, 11) is 0. The lowest BCUT2D eigenvalue weighted by molar-refractivity contribution is -0.130. The van der Waals surface area contributed by atoms with Crippen LogP contribution in [0.5, 0.6) is 11.5 Å². The second kappa shape index (κ2) is 23.4. The molecule has 2 saturated heterocycles. The van der Waals surface area contributed by atoms with Gasteiger partial charge in [0.05, 0.1) is 12.1 Å². The standard InChI is InChI=1S/C53H68F2N4O5/c1-5-25-58-47(51(62)35-13-7-17-39(60)27-35)23-9-15-37-29-56-31-43(49(37)41-19-11-21-45(54)33(41)3)53(64)44-32-57-30-38(50(44)42-20-12-22-46(55)34(42)4)16-10-24-48(59-26-6-2)52(63)36-14-8-18-40(61)28-36/h7-8,11-14,17-22,27-28,37-38,43-44,47-50,56-61H,5-6,9-10,15-16,23-26,29-32H2,1-4H3/t37-,38-,43+,44+,47?,48?,49+,50+/m0/s1. The van der Waals surface area contributed by atoms with Gasteiger partial charge in [0, 0.05) is 36.1 Å². The van der Waals surface area contributed by atoms with E-state index in [4.69, 9.17) is 0 Å². The number of benzene rings is 4. The highest BCUT2D eigenvalue weighted by atomic mass is 19.1. The number of hydrogen-bond acceptors (Lipinski definition) is 9. The SMILES string of the molecule is CCCNC(CCC[C@H]1CNC[C@@H](C(=O)[C@@H]2CNC[C@H](CCCC(NCCC)C(=O)c3cccc(O)c3)[C@@H]2c2cccc(F)c2C)[C@H]1c1cccc(F)c1C)C(=O)c1cccc(O)c1. The Bertz CT molecular complexity index is 2050. The molecule has 4 aromatic rings. The summed E-state index contributed by atoms with van der Waals surface area (Å²) >= 11 is 0. The monoisotopic (exact) mass is 879 g/mol. The molecule has 2 aliphatic heterocycles. The fourth-order valence-corrected chi connectivity index (χ4v) is 10.5. The molecule has 2 aliphatic rings. The van der Waals surface area contributed by atoms with Crippen molar-refractivity contribution in [1.29, 1.82) is 0 Å². The molecule has 0 spiro atoms. The summed E-state index contributed by atoms with van der Waals surface area (Å²) in [4.78, 5) is 42.9. The molecule has 4 aromatic carbocycles. The van der Waals surface area contributed by atoms with E-state index in [1.54, 1.807) is 62.4 Å².